The van der Waals surface area contributed by atoms with Gasteiger partial charge in [0.25, 0.3) is 0 Å². The van der Waals surface area contributed by atoms with Crippen molar-refractivity contribution in [3.05, 3.63) is 35.9 Å². The molecule has 0 aliphatic carbocycles. The van der Waals surface area contributed by atoms with Crippen LogP contribution in [0.4, 0.5) is 9.59 Å². The van der Waals surface area contributed by atoms with Crippen molar-refractivity contribution in [2.45, 2.75) is 51.4 Å². The molecule has 144 valence electrons. The Bertz CT molecular complexity index is 592. The molecule has 0 aromatic heterocycles. The summed E-state index contributed by atoms with van der Waals surface area (Å²) < 4.78 is 16.0. The van der Waals surface area contributed by atoms with E-state index in [2.05, 4.69) is 10.6 Å². The minimum Gasteiger partial charge on any atom is -0.445 e. The van der Waals surface area contributed by atoms with Crippen LogP contribution in [0.25, 0.3) is 0 Å². The fraction of sp³-hybridized carbons (Fsp3) is 0.579. The first kappa shape index (κ1) is 20.0. The Morgan fingerprint density at radius 1 is 1.12 bits per heavy atom. The van der Waals surface area contributed by atoms with Crippen LogP contribution in [-0.4, -0.2) is 43.1 Å². The third-order valence-corrected chi connectivity index (χ3v) is 4.00. The Kier molecular flexibility index (Phi) is 6.85. The van der Waals surface area contributed by atoms with Gasteiger partial charge in [-0.15, -0.1) is 0 Å². The SMILES string of the molecule is CC(C)(C)OC(=O)NC1(CNC(=O)OCc2ccccc2)CCOCC1. The predicted octanol–water partition coefficient (Wildman–Crippen LogP) is 2.99. The summed E-state index contributed by atoms with van der Waals surface area (Å²) in [5, 5.41) is 5.65. The number of ether oxygens (including phenoxy) is 3. The number of carbonyl (C=O) groups is 2. The van der Waals surface area contributed by atoms with Crippen LogP contribution in [0.15, 0.2) is 30.3 Å². The number of benzene rings is 1. The van der Waals surface area contributed by atoms with Gasteiger partial charge in [0.2, 0.25) is 0 Å². The van der Waals surface area contributed by atoms with E-state index in [0.717, 1.165) is 5.56 Å². The highest BCUT2D eigenvalue weighted by molar-refractivity contribution is 5.70. The lowest BCUT2D eigenvalue weighted by Crippen LogP contribution is -2.59. The summed E-state index contributed by atoms with van der Waals surface area (Å²) >= 11 is 0. The second-order valence-electron chi connectivity index (χ2n) is 7.43. The zero-order chi connectivity index (χ0) is 19.0. The highest BCUT2D eigenvalue weighted by Crippen LogP contribution is 2.21. The maximum absolute atomic E-state index is 12.2. The normalized spacial score (nSPS) is 16.4. The van der Waals surface area contributed by atoms with E-state index >= 15 is 0 Å². The predicted molar refractivity (Wildman–Crippen MR) is 96.8 cm³/mol. The first-order chi connectivity index (χ1) is 12.3. The third kappa shape index (κ3) is 6.92. The van der Waals surface area contributed by atoms with E-state index in [1.165, 1.54) is 0 Å². The Labute approximate surface area is 154 Å². The van der Waals surface area contributed by atoms with Gasteiger partial charge in [0.15, 0.2) is 0 Å². The number of nitrogens with one attached hydrogen (secondary N) is 2. The van der Waals surface area contributed by atoms with Crippen LogP contribution in [0.2, 0.25) is 0 Å². The fourth-order valence-electron chi connectivity index (χ4n) is 2.64. The van der Waals surface area contributed by atoms with Crippen molar-refractivity contribution < 1.29 is 23.8 Å². The quantitative estimate of drug-likeness (QED) is 0.839. The van der Waals surface area contributed by atoms with Crippen LogP contribution in [-0.2, 0) is 20.8 Å². The Balaban J connectivity index is 1.86. The Hall–Kier alpha value is -2.28. The van der Waals surface area contributed by atoms with Gasteiger partial charge in [-0.2, -0.15) is 0 Å². The molecule has 1 heterocycles. The lowest BCUT2D eigenvalue weighted by Gasteiger charge is -2.38. The molecule has 2 amide bonds. The zero-order valence-electron chi connectivity index (χ0n) is 15.7. The average Bonchev–Trinajstić information content (AvgIpc) is 2.58. The highest BCUT2D eigenvalue weighted by Gasteiger charge is 2.36. The van der Waals surface area contributed by atoms with Crippen LogP contribution in [0.3, 0.4) is 0 Å². The molecule has 0 bridgehead atoms. The summed E-state index contributed by atoms with van der Waals surface area (Å²) in [6.45, 7) is 6.89. The van der Waals surface area contributed by atoms with Crippen molar-refractivity contribution in [1.29, 1.82) is 0 Å². The zero-order valence-corrected chi connectivity index (χ0v) is 15.7. The number of carbonyl (C=O) groups excluding carboxylic acids is 2. The van der Waals surface area contributed by atoms with E-state index in [-0.39, 0.29) is 13.2 Å². The summed E-state index contributed by atoms with van der Waals surface area (Å²) in [4.78, 5) is 24.2. The van der Waals surface area contributed by atoms with Crippen molar-refractivity contribution in [3.8, 4) is 0 Å². The summed E-state index contributed by atoms with van der Waals surface area (Å²) in [7, 11) is 0. The van der Waals surface area contributed by atoms with Gasteiger partial charge in [0.1, 0.15) is 12.2 Å². The van der Waals surface area contributed by atoms with Gasteiger partial charge in [0, 0.05) is 19.8 Å². The lowest BCUT2D eigenvalue weighted by molar-refractivity contribution is 0.0166. The lowest BCUT2D eigenvalue weighted by atomic mass is 9.90. The molecule has 1 aliphatic heterocycles. The second kappa shape index (κ2) is 8.89. The van der Waals surface area contributed by atoms with E-state index in [4.69, 9.17) is 14.2 Å². The summed E-state index contributed by atoms with van der Waals surface area (Å²) in [5.74, 6) is 0. The van der Waals surface area contributed by atoms with Crippen LogP contribution in [0, 0.1) is 0 Å². The Morgan fingerprint density at radius 3 is 2.38 bits per heavy atom. The fourth-order valence-corrected chi connectivity index (χ4v) is 2.64. The number of hydrogen-bond donors (Lipinski definition) is 2. The first-order valence-electron chi connectivity index (χ1n) is 8.82. The topological polar surface area (TPSA) is 85.9 Å². The molecule has 1 aromatic rings. The summed E-state index contributed by atoms with van der Waals surface area (Å²) in [6.07, 6.45) is 0.153. The van der Waals surface area contributed by atoms with Gasteiger partial charge in [-0.3, -0.25) is 0 Å². The van der Waals surface area contributed by atoms with Crippen molar-refractivity contribution in [1.82, 2.24) is 10.6 Å². The van der Waals surface area contributed by atoms with Crippen molar-refractivity contribution >= 4 is 12.2 Å². The number of rotatable bonds is 5. The minimum atomic E-state index is -0.605. The van der Waals surface area contributed by atoms with E-state index in [9.17, 15) is 9.59 Å². The maximum Gasteiger partial charge on any atom is 0.408 e. The molecule has 1 aliphatic rings. The molecule has 26 heavy (non-hydrogen) atoms. The van der Waals surface area contributed by atoms with E-state index < -0.39 is 23.3 Å². The third-order valence-electron chi connectivity index (χ3n) is 4.00. The van der Waals surface area contributed by atoms with Gasteiger partial charge >= 0.3 is 12.2 Å². The monoisotopic (exact) mass is 364 g/mol. The molecule has 0 spiro atoms. The van der Waals surface area contributed by atoms with Crippen LogP contribution in [0.1, 0.15) is 39.2 Å². The first-order valence-corrected chi connectivity index (χ1v) is 8.82. The molecule has 0 atom stereocenters. The van der Waals surface area contributed by atoms with Crippen LogP contribution < -0.4 is 10.6 Å². The second-order valence-corrected chi connectivity index (χ2v) is 7.43. The van der Waals surface area contributed by atoms with Crippen LogP contribution in [0.5, 0.6) is 0 Å². The molecule has 0 unspecified atom stereocenters. The number of amides is 2. The number of hydrogen-bond acceptors (Lipinski definition) is 5. The number of alkyl carbamates (subject to hydrolysis) is 2. The maximum atomic E-state index is 12.2. The molecule has 2 rings (SSSR count). The molecule has 0 saturated carbocycles. The van der Waals surface area contributed by atoms with Gasteiger partial charge in [-0.25, -0.2) is 9.59 Å². The smallest absolute Gasteiger partial charge is 0.408 e. The summed E-state index contributed by atoms with van der Waals surface area (Å²) in [5.41, 5.74) is -0.277. The van der Waals surface area contributed by atoms with E-state index in [0.29, 0.717) is 26.1 Å². The van der Waals surface area contributed by atoms with Gasteiger partial charge in [-0.1, -0.05) is 30.3 Å². The van der Waals surface area contributed by atoms with E-state index in [1.807, 2.05) is 51.1 Å². The van der Waals surface area contributed by atoms with Gasteiger partial charge < -0.3 is 24.8 Å². The van der Waals surface area contributed by atoms with Gasteiger partial charge in [0.05, 0.1) is 5.54 Å². The molecule has 7 heteroatoms. The molecule has 1 fully saturated rings. The standard InChI is InChI=1S/C19H28N2O5/c1-18(2,3)26-17(23)21-19(9-11-24-12-10-19)14-20-16(22)25-13-15-7-5-4-6-8-15/h4-8H,9-14H2,1-3H3,(H,20,22)(H,21,23). The van der Waals surface area contributed by atoms with Gasteiger partial charge in [-0.05, 0) is 39.2 Å². The molecule has 1 aromatic carbocycles. The molecule has 1 saturated heterocycles. The summed E-state index contributed by atoms with van der Waals surface area (Å²) in [6, 6.07) is 9.45. The molecular formula is C19H28N2O5. The molecule has 2 N–H and O–H groups in total. The minimum absolute atomic E-state index is 0.197. The van der Waals surface area contributed by atoms with E-state index in [1.54, 1.807) is 0 Å². The molecular weight excluding hydrogens is 336 g/mol. The Morgan fingerprint density at radius 2 is 1.77 bits per heavy atom. The molecule has 7 nitrogen and oxygen atoms in total. The largest absolute Gasteiger partial charge is 0.445 e. The van der Waals surface area contributed by atoms with Crippen molar-refractivity contribution in [3.63, 3.8) is 0 Å². The van der Waals surface area contributed by atoms with Crippen molar-refractivity contribution in [2.24, 2.45) is 0 Å². The van der Waals surface area contributed by atoms with Crippen molar-refractivity contribution in [2.75, 3.05) is 19.8 Å². The van der Waals surface area contributed by atoms with Crippen LogP contribution >= 0.6 is 0 Å². The average molecular weight is 364 g/mol. The highest BCUT2D eigenvalue weighted by atomic mass is 16.6. The molecule has 0 radical (unpaired) electrons.